The maximum absolute atomic E-state index is 7.57. The van der Waals surface area contributed by atoms with Gasteiger partial charge in [-0.2, -0.15) is 0 Å². The standard InChI is InChI=1S/C6H8.2C2H6O/c1-2-4-6-5-3-1;2*1-2-3/h1-4H,5-6H2;2*3H,2H2,1H3. The van der Waals surface area contributed by atoms with Gasteiger partial charge in [0, 0.05) is 13.2 Å². The molecule has 0 aliphatic heterocycles. The molecule has 2 N–H and O–H groups in total. The SMILES string of the molecule is C1=CCCC=C1.CCO.CCO. The van der Waals surface area contributed by atoms with Crippen LogP contribution in [0.1, 0.15) is 26.7 Å². The van der Waals surface area contributed by atoms with E-state index >= 15 is 0 Å². The summed E-state index contributed by atoms with van der Waals surface area (Å²) < 4.78 is 0. The Morgan fingerprint density at radius 3 is 1.25 bits per heavy atom. The number of rotatable bonds is 0. The largest absolute Gasteiger partial charge is 0.397 e. The second-order valence-electron chi connectivity index (χ2n) is 2.07. The summed E-state index contributed by atoms with van der Waals surface area (Å²) in [6.07, 6.45) is 11.0. The van der Waals surface area contributed by atoms with Gasteiger partial charge in [-0.15, -0.1) is 0 Å². The van der Waals surface area contributed by atoms with Crippen LogP contribution in [0.25, 0.3) is 0 Å². The highest BCUT2D eigenvalue weighted by molar-refractivity contribution is 5.07. The van der Waals surface area contributed by atoms with Crippen molar-refractivity contribution in [2.45, 2.75) is 26.7 Å². The molecule has 0 aromatic heterocycles. The van der Waals surface area contributed by atoms with Crippen molar-refractivity contribution in [2.24, 2.45) is 0 Å². The molecule has 0 bridgehead atoms. The van der Waals surface area contributed by atoms with E-state index in [1.54, 1.807) is 13.8 Å². The molecule has 0 fully saturated rings. The van der Waals surface area contributed by atoms with E-state index in [-0.39, 0.29) is 13.2 Å². The minimum atomic E-state index is 0.250. The molecular formula is C10H20O2. The highest BCUT2D eigenvalue weighted by Gasteiger charge is 1.77. The zero-order valence-electron chi connectivity index (χ0n) is 8.03. The predicted octanol–water partition coefficient (Wildman–Crippen LogP) is 1.89. The first-order chi connectivity index (χ1) is 5.83. The summed E-state index contributed by atoms with van der Waals surface area (Å²) in [5, 5.41) is 15.1. The van der Waals surface area contributed by atoms with E-state index < -0.39 is 0 Å². The molecule has 2 heteroatoms. The molecular weight excluding hydrogens is 152 g/mol. The minimum absolute atomic E-state index is 0.250. The molecule has 12 heavy (non-hydrogen) atoms. The molecule has 0 saturated heterocycles. The van der Waals surface area contributed by atoms with Gasteiger partial charge in [-0.25, -0.2) is 0 Å². The summed E-state index contributed by atoms with van der Waals surface area (Å²) in [4.78, 5) is 0. The maximum Gasteiger partial charge on any atom is 0.0402 e. The van der Waals surface area contributed by atoms with Crippen molar-refractivity contribution in [2.75, 3.05) is 13.2 Å². The normalized spacial score (nSPS) is 12.3. The van der Waals surface area contributed by atoms with Crippen molar-refractivity contribution in [1.82, 2.24) is 0 Å². The second kappa shape index (κ2) is 16.8. The van der Waals surface area contributed by atoms with E-state index in [1.165, 1.54) is 12.8 Å². The Balaban J connectivity index is 0. The van der Waals surface area contributed by atoms with E-state index in [9.17, 15) is 0 Å². The Labute approximate surface area is 75.2 Å². The number of aliphatic hydroxyl groups excluding tert-OH is 2. The molecule has 0 amide bonds. The number of aliphatic hydroxyl groups is 2. The average molecular weight is 172 g/mol. The van der Waals surface area contributed by atoms with Crippen LogP contribution >= 0.6 is 0 Å². The second-order valence-corrected chi connectivity index (χ2v) is 2.07. The van der Waals surface area contributed by atoms with Crippen LogP contribution in [0.2, 0.25) is 0 Å². The van der Waals surface area contributed by atoms with Crippen LogP contribution < -0.4 is 0 Å². The molecule has 1 aliphatic carbocycles. The van der Waals surface area contributed by atoms with Gasteiger partial charge >= 0.3 is 0 Å². The van der Waals surface area contributed by atoms with Crippen molar-refractivity contribution < 1.29 is 10.2 Å². The van der Waals surface area contributed by atoms with Crippen LogP contribution in [0.5, 0.6) is 0 Å². The molecule has 1 aliphatic rings. The molecule has 0 atom stereocenters. The first kappa shape index (κ1) is 14.0. The van der Waals surface area contributed by atoms with Crippen molar-refractivity contribution in [3.8, 4) is 0 Å². The Bertz CT molecular complexity index is 92.4. The summed E-state index contributed by atoms with van der Waals surface area (Å²) in [7, 11) is 0. The Morgan fingerprint density at radius 2 is 1.17 bits per heavy atom. The summed E-state index contributed by atoms with van der Waals surface area (Å²) in [6, 6.07) is 0. The van der Waals surface area contributed by atoms with Gasteiger partial charge in [0.1, 0.15) is 0 Å². The quantitative estimate of drug-likeness (QED) is 0.586. The number of hydrogen-bond donors (Lipinski definition) is 2. The highest BCUT2D eigenvalue weighted by Crippen LogP contribution is 1.98. The lowest BCUT2D eigenvalue weighted by Crippen LogP contribution is -1.67. The van der Waals surface area contributed by atoms with Crippen molar-refractivity contribution in [3.63, 3.8) is 0 Å². The van der Waals surface area contributed by atoms with Crippen LogP contribution in [-0.4, -0.2) is 23.4 Å². The summed E-state index contributed by atoms with van der Waals surface area (Å²) in [6.45, 7) is 3.86. The van der Waals surface area contributed by atoms with Crippen LogP contribution in [0.3, 0.4) is 0 Å². The molecule has 0 radical (unpaired) electrons. The van der Waals surface area contributed by atoms with E-state index in [0.717, 1.165) is 0 Å². The summed E-state index contributed by atoms with van der Waals surface area (Å²) in [5.74, 6) is 0. The smallest absolute Gasteiger partial charge is 0.0402 e. The van der Waals surface area contributed by atoms with Crippen LogP contribution in [0.4, 0.5) is 0 Å². The molecule has 1 rings (SSSR count). The average Bonchev–Trinajstić information content (AvgIpc) is 2.10. The third-order valence-corrected chi connectivity index (χ3v) is 0.883. The zero-order valence-corrected chi connectivity index (χ0v) is 8.03. The number of hydrogen-bond acceptors (Lipinski definition) is 2. The Hall–Kier alpha value is -0.600. The van der Waals surface area contributed by atoms with Gasteiger partial charge in [0.2, 0.25) is 0 Å². The third-order valence-electron chi connectivity index (χ3n) is 0.883. The monoisotopic (exact) mass is 172 g/mol. The van der Waals surface area contributed by atoms with Crippen LogP contribution in [-0.2, 0) is 0 Å². The number of allylic oxidation sites excluding steroid dienone is 4. The van der Waals surface area contributed by atoms with Crippen LogP contribution in [0.15, 0.2) is 24.3 Å². The Morgan fingerprint density at radius 1 is 0.917 bits per heavy atom. The highest BCUT2D eigenvalue weighted by atomic mass is 16.3. The Kier molecular flexibility index (Phi) is 19.5. The molecule has 0 spiro atoms. The fourth-order valence-electron chi connectivity index (χ4n) is 0.542. The summed E-state index contributed by atoms with van der Waals surface area (Å²) in [5.41, 5.74) is 0. The molecule has 0 saturated carbocycles. The third kappa shape index (κ3) is 22.7. The van der Waals surface area contributed by atoms with E-state index in [1.807, 2.05) is 0 Å². The molecule has 0 heterocycles. The first-order valence-corrected chi connectivity index (χ1v) is 4.36. The molecule has 2 nitrogen and oxygen atoms in total. The van der Waals surface area contributed by atoms with Gasteiger partial charge in [0.25, 0.3) is 0 Å². The van der Waals surface area contributed by atoms with Gasteiger partial charge in [-0.3, -0.25) is 0 Å². The lowest BCUT2D eigenvalue weighted by Gasteiger charge is -1.88. The predicted molar refractivity (Wildman–Crippen MR) is 53.0 cm³/mol. The molecule has 0 aromatic rings. The lowest BCUT2D eigenvalue weighted by molar-refractivity contribution is 0.318. The topological polar surface area (TPSA) is 40.5 Å². The maximum atomic E-state index is 7.57. The fourth-order valence-corrected chi connectivity index (χ4v) is 0.542. The van der Waals surface area contributed by atoms with Crippen LogP contribution in [0, 0.1) is 0 Å². The fraction of sp³-hybridized carbons (Fsp3) is 0.600. The molecule has 0 aromatic carbocycles. The zero-order chi connectivity index (χ0) is 9.66. The van der Waals surface area contributed by atoms with Gasteiger partial charge in [-0.1, -0.05) is 24.3 Å². The van der Waals surface area contributed by atoms with Gasteiger partial charge in [0.05, 0.1) is 0 Å². The first-order valence-electron chi connectivity index (χ1n) is 4.36. The van der Waals surface area contributed by atoms with Crippen molar-refractivity contribution in [1.29, 1.82) is 0 Å². The van der Waals surface area contributed by atoms with Gasteiger partial charge in [0.15, 0.2) is 0 Å². The van der Waals surface area contributed by atoms with Gasteiger partial charge in [-0.05, 0) is 26.7 Å². The van der Waals surface area contributed by atoms with E-state index in [2.05, 4.69) is 24.3 Å². The van der Waals surface area contributed by atoms with Crippen molar-refractivity contribution >= 4 is 0 Å². The van der Waals surface area contributed by atoms with E-state index in [4.69, 9.17) is 10.2 Å². The summed E-state index contributed by atoms with van der Waals surface area (Å²) >= 11 is 0. The van der Waals surface area contributed by atoms with Crippen molar-refractivity contribution in [3.05, 3.63) is 24.3 Å². The molecule has 72 valence electrons. The van der Waals surface area contributed by atoms with E-state index in [0.29, 0.717) is 0 Å². The molecule has 0 unspecified atom stereocenters. The van der Waals surface area contributed by atoms with Gasteiger partial charge < -0.3 is 10.2 Å². The minimum Gasteiger partial charge on any atom is -0.397 e. The lowest BCUT2D eigenvalue weighted by atomic mass is 10.2.